The quantitative estimate of drug-likeness (QED) is 0.529. The molecular weight excluding hydrogens is 384 g/mol. The van der Waals surface area contributed by atoms with Gasteiger partial charge in [0.05, 0.1) is 0 Å². The van der Waals surface area contributed by atoms with Crippen LogP contribution in [0.25, 0.3) is 12.2 Å². The number of carbonyl (C=O) groups is 2. The highest BCUT2D eigenvalue weighted by molar-refractivity contribution is 5.81. The van der Waals surface area contributed by atoms with E-state index in [2.05, 4.69) is 13.2 Å². The number of benzene rings is 2. The van der Waals surface area contributed by atoms with E-state index >= 15 is 0 Å². The van der Waals surface area contributed by atoms with Crippen LogP contribution in [0.2, 0.25) is 0 Å². The Balaban J connectivity index is 1.88. The van der Waals surface area contributed by atoms with Crippen LogP contribution in [0.5, 0.6) is 0 Å². The molecule has 2 aromatic rings. The first-order chi connectivity index (χ1) is 14.7. The Hall–Kier alpha value is -3.14. The average Bonchev–Trinajstić information content (AvgIpc) is 2.78. The van der Waals surface area contributed by atoms with Crippen LogP contribution >= 0.6 is 0 Å². The molecule has 31 heavy (non-hydrogen) atoms. The van der Waals surface area contributed by atoms with Crippen molar-refractivity contribution >= 4 is 24.0 Å². The lowest BCUT2D eigenvalue weighted by Gasteiger charge is -2.26. The third kappa shape index (κ3) is 6.95. The minimum absolute atomic E-state index is 0.0510. The van der Waals surface area contributed by atoms with E-state index in [1.807, 2.05) is 76.5 Å². The molecule has 0 fully saturated rings. The van der Waals surface area contributed by atoms with Crippen molar-refractivity contribution in [2.75, 3.05) is 14.1 Å². The summed E-state index contributed by atoms with van der Waals surface area (Å²) in [6.45, 7) is 12.4. The fourth-order valence-electron chi connectivity index (χ4n) is 3.71. The molecule has 2 unspecified atom stereocenters. The molecule has 0 spiro atoms. The first-order valence-electron chi connectivity index (χ1n) is 10.7. The van der Waals surface area contributed by atoms with Gasteiger partial charge in [0.25, 0.3) is 0 Å². The van der Waals surface area contributed by atoms with Gasteiger partial charge < -0.3 is 9.80 Å². The fraction of sp³-hybridized carbons (Fsp3) is 0.333. The van der Waals surface area contributed by atoms with Crippen LogP contribution in [0.1, 0.15) is 42.5 Å². The summed E-state index contributed by atoms with van der Waals surface area (Å²) in [5, 5.41) is 0. The van der Waals surface area contributed by atoms with Crippen LogP contribution in [0.4, 0.5) is 0 Å². The number of hydrogen-bond acceptors (Lipinski definition) is 2. The Bertz CT molecular complexity index is 824. The van der Waals surface area contributed by atoms with Crippen molar-refractivity contribution in [2.24, 2.45) is 11.8 Å². The number of amides is 2. The molecule has 0 saturated carbocycles. The van der Waals surface area contributed by atoms with E-state index in [0.29, 0.717) is 19.5 Å². The predicted molar refractivity (Wildman–Crippen MR) is 129 cm³/mol. The molecule has 4 nitrogen and oxygen atoms in total. The second kappa shape index (κ2) is 11.3. The summed E-state index contributed by atoms with van der Waals surface area (Å²) in [4.78, 5) is 29.1. The van der Waals surface area contributed by atoms with Crippen molar-refractivity contribution in [1.29, 1.82) is 0 Å². The molecule has 0 bridgehead atoms. The summed E-state index contributed by atoms with van der Waals surface area (Å²) in [6.07, 6.45) is 4.12. The van der Waals surface area contributed by atoms with Crippen molar-refractivity contribution in [2.45, 2.75) is 33.4 Å². The number of nitrogens with zero attached hydrogens (tertiary/aromatic N) is 2. The van der Waals surface area contributed by atoms with Crippen molar-refractivity contribution in [3.8, 4) is 0 Å². The molecule has 0 radical (unpaired) electrons. The third-order valence-electron chi connectivity index (χ3n) is 5.57. The molecule has 0 heterocycles. The van der Waals surface area contributed by atoms with Crippen LogP contribution in [-0.4, -0.2) is 35.7 Å². The third-order valence-corrected chi connectivity index (χ3v) is 5.57. The molecule has 0 aliphatic rings. The molecule has 2 rings (SSSR count). The normalized spacial score (nSPS) is 12.5. The van der Waals surface area contributed by atoms with Crippen LogP contribution < -0.4 is 0 Å². The Kier molecular flexibility index (Phi) is 8.80. The summed E-state index contributed by atoms with van der Waals surface area (Å²) < 4.78 is 0. The summed E-state index contributed by atoms with van der Waals surface area (Å²) in [5.41, 5.74) is 4.25. The van der Waals surface area contributed by atoms with Crippen molar-refractivity contribution in [1.82, 2.24) is 9.80 Å². The summed E-state index contributed by atoms with van der Waals surface area (Å²) in [5.74, 6) is -0.349. The first-order valence-corrected chi connectivity index (χ1v) is 10.7. The molecular formula is C27H34N2O2. The maximum atomic E-state index is 12.8. The SMILES string of the molecule is C=Cc1ccc(CN(C)C(=O)C(C)CC(C)C(=O)N(C)Cc2ccc(C=C)cc2)cc1. The zero-order valence-electron chi connectivity index (χ0n) is 19.2. The summed E-state index contributed by atoms with van der Waals surface area (Å²) in [7, 11) is 3.62. The first kappa shape index (κ1) is 24.1. The van der Waals surface area contributed by atoms with Gasteiger partial charge >= 0.3 is 0 Å². The van der Waals surface area contributed by atoms with Crippen LogP contribution in [0.15, 0.2) is 61.7 Å². The number of rotatable bonds is 10. The van der Waals surface area contributed by atoms with Gasteiger partial charge in [0.1, 0.15) is 0 Å². The smallest absolute Gasteiger partial charge is 0.225 e. The van der Waals surface area contributed by atoms with Gasteiger partial charge in [-0.1, -0.05) is 87.7 Å². The van der Waals surface area contributed by atoms with Crippen molar-refractivity contribution in [3.63, 3.8) is 0 Å². The van der Waals surface area contributed by atoms with Crippen molar-refractivity contribution < 1.29 is 9.59 Å². The summed E-state index contributed by atoms with van der Waals surface area (Å²) in [6, 6.07) is 16.0. The molecule has 2 amide bonds. The molecule has 4 heteroatoms. The standard InChI is InChI=1S/C27H34N2O2/c1-7-22-9-13-24(14-10-22)18-28(5)26(30)20(3)17-21(4)27(31)29(6)19-25-15-11-23(8-2)12-16-25/h7-16,20-21H,1-2,17-19H2,3-6H3. The molecule has 0 saturated heterocycles. The lowest BCUT2D eigenvalue weighted by molar-refractivity contribution is -0.137. The van der Waals surface area contributed by atoms with E-state index in [9.17, 15) is 9.59 Å². The monoisotopic (exact) mass is 418 g/mol. The van der Waals surface area contributed by atoms with Gasteiger partial charge in [-0.2, -0.15) is 0 Å². The molecule has 0 N–H and O–H groups in total. The topological polar surface area (TPSA) is 40.6 Å². The minimum atomic E-state index is -0.225. The van der Waals surface area contributed by atoms with E-state index in [0.717, 1.165) is 22.3 Å². The maximum Gasteiger partial charge on any atom is 0.225 e. The number of hydrogen-bond donors (Lipinski definition) is 0. The lowest BCUT2D eigenvalue weighted by Crippen LogP contribution is -2.36. The van der Waals surface area contributed by atoms with Gasteiger partial charge in [-0.25, -0.2) is 0 Å². The van der Waals surface area contributed by atoms with Gasteiger partial charge in [0.15, 0.2) is 0 Å². The van der Waals surface area contributed by atoms with E-state index in [4.69, 9.17) is 0 Å². The highest BCUT2D eigenvalue weighted by Gasteiger charge is 2.25. The van der Waals surface area contributed by atoms with Gasteiger partial charge in [0, 0.05) is 39.0 Å². The van der Waals surface area contributed by atoms with Gasteiger partial charge in [-0.3, -0.25) is 9.59 Å². The molecule has 164 valence electrons. The molecule has 2 atom stereocenters. The predicted octanol–water partition coefficient (Wildman–Crippen LogP) is 5.25. The van der Waals surface area contributed by atoms with Crippen LogP contribution in [0.3, 0.4) is 0 Å². The van der Waals surface area contributed by atoms with E-state index in [1.54, 1.807) is 22.0 Å². The van der Waals surface area contributed by atoms with E-state index < -0.39 is 0 Å². The Morgan fingerprint density at radius 1 is 0.742 bits per heavy atom. The highest BCUT2D eigenvalue weighted by Crippen LogP contribution is 2.19. The van der Waals surface area contributed by atoms with Gasteiger partial charge in [-0.05, 0) is 28.7 Å². The van der Waals surface area contributed by atoms with E-state index in [-0.39, 0.29) is 23.7 Å². The van der Waals surface area contributed by atoms with E-state index in [1.165, 1.54) is 0 Å². The lowest BCUT2D eigenvalue weighted by atomic mass is 9.94. The zero-order valence-corrected chi connectivity index (χ0v) is 19.2. The Morgan fingerprint density at radius 2 is 1.06 bits per heavy atom. The summed E-state index contributed by atoms with van der Waals surface area (Å²) >= 11 is 0. The Labute approximate surface area is 186 Å². The molecule has 0 aromatic heterocycles. The minimum Gasteiger partial charge on any atom is -0.341 e. The Morgan fingerprint density at radius 3 is 1.35 bits per heavy atom. The molecule has 2 aromatic carbocycles. The van der Waals surface area contributed by atoms with Gasteiger partial charge in [-0.15, -0.1) is 0 Å². The molecule has 0 aliphatic heterocycles. The zero-order chi connectivity index (χ0) is 23.0. The largest absolute Gasteiger partial charge is 0.341 e. The number of carbonyl (C=O) groups excluding carboxylic acids is 2. The highest BCUT2D eigenvalue weighted by atomic mass is 16.2. The van der Waals surface area contributed by atoms with Crippen LogP contribution in [-0.2, 0) is 22.7 Å². The average molecular weight is 419 g/mol. The molecule has 0 aliphatic carbocycles. The second-order valence-electron chi connectivity index (χ2n) is 8.32. The second-order valence-corrected chi connectivity index (χ2v) is 8.32. The van der Waals surface area contributed by atoms with Crippen LogP contribution in [0, 0.1) is 11.8 Å². The fourth-order valence-corrected chi connectivity index (χ4v) is 3.71. The van der Waals surface area contributed by atoms with Crippen molar-refractivity contribution in [3.05, 3.63) is 83.9 Å². The maximum absolute atomic E-state index is 12.8. The van der Waals surface area contributed by atoms with Gasteiger partial charge in [0.2, 0.25) is 11.8 Å².